The van der Waals surface area contributed by atoms with E-state index in [9.17, 15) is 0 Å². The Bertz CT molecular complexity index is 110. The maximum atomic E-state index is 8.47. The van der Waals surface area contributed by atoms with Gasteiger partial charge in [-0.15, -0.1) is 0 Å². The Balaban J connectivity index is 3.04. The van der Waals surface area contributed by atoms with Gasteiger partial charge in [0.1, 0.15) is 0 Å². The Morgan fingerprint density at radius 3 is 2.43 bits per heavy atom. The van der Waals surface area contributed by atoms with Gasteiger partial charge in [0.15, 0.2) is 0 Å². The summed E-state index contributed by atoms with van der Waals surface area (Å²) in [6.07, 6.45) is 0. The third-order valence-corrected chi connectivity index (χ3v) is 2.98. The highest BCUT2D eigenvalue weighted by Crippen LogP contribution is 2.00. The zero-order valence-electron chi connectivity index (χ0n) is 9.37. The SMILES string of the molecule is CCN(CC)CCSCCOCCO. The van der Waals surface area contributed by atoms with Gasteiger partial charge in [-0.05, 0) is 13.1 Å². The van der Waals surface area contributed by atoms with E-state index in [1.165, 1.54) is 5.75 Å². The van der Waals surface area contributed by atoms with Crippen LogP contribution in [0.25, 0.3) is 0 Å². The van der Waals surface area contributed by atoms with Crippen LogP contribution in [0.4, 0.5) is 0 Å². The maximum Gasteiger partial charge on any atom is 0.0698 e. The molecule has 0 heterocycles. The van der Waals surface area contributed by atoms with Crippen LogP contribution in [-0.2, 0) is 4.74 Å². The standard InChI is InChI=1S/C10H23NO2S/c1-3-11(4-2)5-9-14-10-8-13-7-6-12/h12H,3-10H2,1-2H3. The smallest absolute Gasteiger partial charge is 0.0698 e. The van der Waals surface area contributed by atoms with Crippen molar-refractivity contribution in [2.45, 2.75) is 13.8 Å². The van der Waals surface area contributed by atoms with Gasteiger partial charge in [-0.3, -0.25) is 0 Å². The number of hydrogen-bond donors (Lipinski definition) is 1. The molecule has 0 aliphatic carbocycles. The average molecular weight is 221 g/mol. The second-order valence-electron chi connectivity index (χ2n) is 2.98. The molecule has 0 rings (SSSR count). The summed E-state index contributed by atoms with van der Waals surface area (Å²) in [6, 6.07) is 0. The minimum atomic E-state index is 0.129. The molecular formula is C10H23NO2S. The number of rotatable bonds is 10. The first-order valence-electron chi connectivity index (χ1n) is 5.33. The van der Waals surface area contributed by atoms with Crippen molar-refractivity contribution >= 4 is 11.8 Å². The van der Waals surface area contributed by atoms with Gasteiger partial charge in [0.2, 0.25) is 0 Å². The van der Waals surface area contributed by atoms with E-state index < -0.39 is 0 Å². The van der Waals surface area contributed by atoms with E-state index in [0.717, 1.165) is 32.0 Å². The first-order chi connectivity index (χ1) is 6.85. The molecule has 0 radical (unpaired) electrons. The van der Waals surface area contributed by atoms with E-state index in [1.54, 1.807) is 0 Å². The highest BCUT2D eigenvalue weighted by Gasteiger charge is 1.97. The van der Waals surface area contributed by atoms with Gasteiger partial charge in [-0.25, -0.2) is 0 Å². The monoisotopic (exact) mass is 221 g/mol. The van der Waals surface area contributed by atoms with Crippen LogP contribution in [0.2, 0.25) is 0 Å². The first kappa shape index (κ1) is 14.2. The van der Waals surface area contributed by atoms with Crippen LogP contribution in [0.3, 0.4) is 0 Å². The van der Waals surface area contributed by atoms with E-state index in [4.69, 9.17) is 9.84 Å². The van der Waals surface area contributed by atoms with Crippen molar-refractivity contribution in [2.75, 3.05) is 51.0 Å². The molecule has 0 spiro atoms. The molecule has 0 bridgehead atoms. The molecule has 0 unspecified atom stereocenters. The Labute approximate surface area is 91.8 Å². The number of hydrogen-bond acceptors (Lipinski definition) is 4. The highest BCUT2D eigenvalue weighted by atomic mass is 32.2. The van der Waals surface area contributed by atoms with E-state index in [2.05, 4.69) is 18.7 Å². The summed E-state index contributed by atoms with van der Waals surface area (Å²) < 4.78 is 5.16. The number of ether oxygens (including phenoxy) is 1. The molecule has 0 amide bonds. The minimum Gasteiger partial charge on any atom is -0.394 e. The molecule has 86 valence electrons. The topological polar surface area (TPSA) is 32.7 Å². The van der Waals surface area contributed by atoms with Crippen LogP contribution in [0.5, 0.6) is 0 Å². The molecule has 0 aromatic carbocycles. The quantitative estimate of drug-likeness (QED) is 0.559. The van der Waals surface area contributed by atoms with Crippen molar-refractivity contribution in [3.05, 3.63) is 0 Å². The fourth-order valence-electron chi connectivity index (χ4n) is 1.12. The number of aliphatic hydroxyl groups excluding tert-OH is 1. The van der Waals surface area contributed by atoms with Gasteiger partial charge in [-0.2, -0.15) is 11.8 Å². The molecule has 0 atom stereocenters. The summed E-state index contributed by atoms with van der Waals surface area (Å²) in [6.45, 7) is 9.18. The molecular weight excluding hydrogens is 198 g/mol. The fourth-order valence-corrected chi connectivity index (χ4v) is 1.95. The summed E-state index contributed by atoms with van der Waals surface area (Å²) in [4.78, 5) is 2.42. The van der Waals surface area contributed by atoms with E-state index in [0.29, 0.717) is 6.61 Å². The Morgan fingerprint density at radius 1 is 1.14 bits per heavy atom. The third-order valence-electron chi connectivity index (χ3n) is 2.05. The van der Waals surface area contributed by atoms with Gasteiger partial charge in [-0.1, -0.05) is 13.8 Å². The van der Waals surface area contributed by atoms with E-state index in [-0.39, 0.29) is 6.61 Å². The number of nitrogens with zero attached hydrogens (tertiary/aromatic N) is 1. The molecule has 0 aliphatic rings. The van der Waals surface area contributed by atoms with Crippen LogP contribution < -0.4 is 0 Å². The van der Waals surface area contributed by atoms with E-state index >= 15 is 0 Å². The summed E-state index contributed by atoms with van der Waals surface area (Å²) in [5, 5.41) is 8.47. The third kappa shape index (κ3) is 8.81. The van der Waals surface area contributed by atoms with Crippen molar-refractivity contribution < 1.29 is 9.84 Å². The van der Waals surface area contributed by atoms with Crippen molar-refractivity contribution in [3.8, 4) is 0 Å². The normalized spacial score (nSPS) is 11.1. The Hall–Kier alpha value is 0.230. The predicted octanol–water partition coefficient (Wildman–Crippen LogP) is 1.07. The number of thioether (sulfide) groups is 1. The molecule has 4 heteroatoms. The van der Waals surface area contributed by atoms with Gasteiger partial charge in [0, 0.05) is 18.1 Å². The maximum absolute atomic E-state index is 8.47. The molecule has 0 aliphatic heterocycles. The summed E-state index contributed by atoms with van der Waals surface area (Å²) >= 11 is 1.91. The number of aliphatic hydroxyl groups is 1. The predicted molar refractivity (Wildman–Crippen MR) is 63.0 cm³/mol. The largest absolute Gasteiger partial charge is 0.394 e. The van der Waals surface area contributed by atoms with Gasteiger partial charge >= 0.3 is 0 Å². The van der Waals surface area contributed by atoms with Gasteiger partial charge in [0.05, 0.1) is 19.8 Å². The van der Waals surface area contributed by atoms with Crippen LogP contribution in [0.1, 0.15) is 13.8 Å². The lowest BCUT2D eigenvalue weighted by atomic mass is 10.5. The molecule has 0 aromatic rings. The van der Waals surface area contributed by atoms with Crippen LogP contribution in [0, 0.1) is 0 Å². The molecule has 0 saturated heterocycles. The summed E-state index contributed by atoms with van der Waals surface area (Å²) in [5.74, 6) is 2.20. The molecule has 1 N–H and O–H groups in total. The molecule has 0 aromatic heterocycles. The van der Waals surface area contributed by atoms with Crippen LogP contribution in [0.15, 0.2) is 0 Å². The second kappa shape index (κ2) is 11.3. The minimum absolute atomic E-state index is 0.129. The van der Waals surface area contributed by atoms with E-state index in [1.807, 2.05) is 11.8 Å². The van der Waals surface area contributed by atoms with Gasteiger partial charge in [0.25, 0.3) is 0 Å². The fraction of sp³-hybridized carbons (Fsp3) is 1.00. The van der Waals surface area contributed by atoms with Crippen molar-refractivity contribution in [1.82, 2.24) is 4.90 Å². The lowest BCUT2D eigenvalue weighted by Crippen LogP contribution is -2.25. The zero-order valence-corrected chi connectivity index (χ0v) is 10.2. The lowest BCUT2D eigenvalue weighted by molar-refractivity contribution is 0.103. The van der Waals surface area contributed by atoms with Gasteiger partial charge < -0.3 is 14.7 Å². The highest BCUT2D eigenvalue weighted by molar-refractivity contribution is 7.99. The lowest BCUT2D eigenvalue weighted by Gasteiger charge is -2.17. The summed E-state index contributed by atoms with van der Waals surface area (Å²) in [7, 11) is 0. The van der Waals surface area contributed by atoms with Crippen molar-refractivity contribution in [2.24, 2.45) is 0 Å². The van der Waals surface area contributed by atoms with Crippen LogP contribution in [-0.4, -0.2) is 61.0 Å². The molecule has 14 heavy (non-hydrogen) atoms. The molecule has 3 nitrogen and oxygen atoms in total. The molecule has 0 saturated carbocycles. The van der Waals surface area contributed by atoms with Crippen LogP contribution >= 0.6 is 11.8 Å². The Kier molecular flexibility index (Phi) is 11.5. The zero-order chi connectivity index (χ0) is 10.6. The second-order valence-corrected chi connectivity index (χ2v) is 4.20. The van der Waals surface area contributed by atoms with Crippen molar-refractivity contribution in [1.29, 1.82) is 0 Å². The van der Waals surface area contributed by atoms with Crippen molar-refractivity contribution in [3.63, 3.8) is 0 Å². The molecule has 0 fully saturated rings. The summed E-state index contributed by atoms with van der Waals surface area (Å²) in [5.41, 5.74) is 0. The average Bonchev–Trinajstić information content (AvgIpc) is 2.22. The Morgan fingerprint density at radius 2 is 1.86 bits per heavy atom. The first-order valence-corrected chi connectivity index (χ1v) is 6.49.